The number of nitrogens with one attached hydrogen (secondary N) is 1. The van der Waals surface area contributed by atoms with Crippen LogP contribution in [0.1, 0.15) is 70.5 Å². The summed E-state index contributed by atoms with van der Waals surface area (Å²) >= 11 is 0. The number of aryl methyl sites for hydroxylation is 1. The molecule has 1 aliphatic heterocycles. The third-order valence-electron chi connectivity index (χ3n) is 6.30. The quantitative estimate of drug-likeness (QED) is 0.501. The second-order valence-electron chi connectivity index (χ2n) is 9.70. The van der Waals surface area contributed by atoms with Crippen LogP contribution in [0.15, 0.2) is 30.6 Å². The monoisotopic (exact) mass is 499 g/mol. The molecule has 2 heterocycles. The third kappa shape index (κ3) is 7.31. The number of nitrogens with zero attached hydrogens (tertiary/aromatic N) is 4. The van der Waals surface area contributed by atoms with E-state index in [-0.39, 0.29) is 50.0 Å². The van der Waals surface area contributed by atoms with E-state index in [1.807, 2.05) is 19.2 Å². The van der Waals surface area contributed by atoms with Crippen LogP contribution in [0.2, 0.25) is 0 Å². The number of benzene rings is 1. The zero-order valence-electron chi connectivity index (χ0n) is 22.6. The Morgan fingerprint density at radius 1 is 1.18 bits per heavy atom. The van der Waals surface area contributed by atoms with E-state index < -0.39 is 16.1 Å². The molecule has 10 heteroatoms. The number of amides is 1. The molecule has 0 radical (unpaired) electrons. The number of carbonyl (C=O) groups is 1. The van der Waals surface area contributed by atoms with Crippen molar-refractivity contribution < 1.29 is 44.2 Å². The zero-order chi connectivity index (χ0) is 24.3. The van der Waals surface area contributed by atoms with Gasteiger partial charge in [-0.3, -0.25) is 9.48 Å². The maximum atomic E-state index is 13.3. The molecule has 1 aromatic heterocycles. The van der Waals surface area contributed by atoms with E-state index in [0.29, 0.717) is 17.5 Å². The van der Waals surface area contributed by atoms with Gasteiger partial charge in [-0.15, -0.1) is 0 Å². The normalized spacial score (nSPS) is 16.6. The van der Waals surface area contributed by atoms with Crippen molar-refractivity contribution in [3.63, 3.8) is 0 Å². The SMILES string of the molecule is CC(C)c1cc(CC(=O)NS(=O)(=O)N(C[C@@H]2CCCN2C)c2cnn(C)c2)cc(C(C)C)c1.[H-].[Na+]. The first kappa shape index (κ1) is 28.8. The van der Waals surface area contributed by atoms with Crippen LogP contribution in [0, 0.1) is 0 Å². The van der Waals surface area contributed by atoms with Gasteiger partial charge in [-0.1, -0.05) is 45.9 Å². The summed E-state index contributed by atoms with van der Waals surface area (Å²) in [5.74, 6) is 0.0942. The summed E-state index contributed by atoms with van der Waals surface area (Å²) in [4.78, 5) is 15.0. The van der Waals surface area contributed by atoms with Crippen molar-refractivity contribution in [2.24, 2.45) is 7.05 Å². The Labute approximate surface area is 228 Å². The Morgan fingerprint density at radius 3 is 2.26 bits per heavy atom. The maximum Gasteiger partial charge on any atom is 1.00 e. The van der Waals surface area contributed by atoms with Crippen LogP contribution in [0.5, 0.6) is 0 Å². The molecule has 0 saturated carbocycles. The fourth-order valence-electron chi connectivity index (χ4n) is 4.22. The summed E-state index contributed by atoms with van der Waals surface area (Å²) in [6.07, 6.45) is 5.11. The molecule has 3 rings (SSSR count). The van der Waals surface area contributed by atoms with Gasteiger partial charge in [-0.05, 0) is 55.0 Å². The summed E-state index contributed by atoms with van der Waals surface area (Å²) in [6, 6.07) is 6.24. The molecule has 0 spiro atoms. The molecule has 8 nitrogen and oxygen atoms in total. The van der Waals surface area contributed by atoms with Crippen LogP contribution < -0.4 is 38.6 Å². The van der Waals surface area contributed by atoms with Crippen molar-refractivity contribution in [2.45, 2.75) is 64.8 Å². The van der Waals surface area contributed by atoms with Crippen molar-refractivity contribution in [1.29, 1.82) is 0 Å². The van der Waals surface area contributed by atoms with Gasteiger partial charge in [0.1, 0.15) is 0 Å². The number of hydrogen-bond acceptors (Lipinski definition) is 5. The number of rotatable bonds is 9. The molecule has 1 aliphatic rings. The molecular weight excluding hydrogens is 461 g/mol. The fourth-order valence-corrected chi connectivity index (χ4v) is 5.43. The Morgan fingerprint density at radius 2 is 1.79 bits per heavy atom. The van der Waals surface area contributed by atoms with E-state index in [2.05, 4.69) is 48.5 Å². The van der Waals surface area contributed by atoms with Crippen LogP contribution in [0.25, 0.3) is 0 Å². The molecule has 0 unspecified atom stereocenters. The van der Waals surface area contributed by atoms with Crippen molar-refractivity contribution >= 4 is 21.8 Å². The Kier molecular flexibility index (Phi) is 10.2. The maximum absolute atomic E-state index is 13.3. The largest absolute Gasteiger partial charge is 1.00 e. The first-order chi connectivity index (χ1) is 15.5. The Balaban J connectivity index is 0.00000306. The Bertz CT molecular complexity index is 1060. The van der Waals surface area contributed by atoms with Crippen LogP contribution in [-0.2, 0) is 28.5 Å². The fraction of sp³-hybridized carbons (Fsp3) is 0.583. The predicted octanol–water partition coefficient (Wildman–Crippen LogP) is 0.288. The van der Waals surface area contributed by atoms with Gasteiger partial charge in [0.05, 0.1) is 24.8 Å². The van der Waals surface area contributed by atoms with Crippen molar-refractivity contribution in [2.75, 3.05) is 24.4 Å². The van der Waals surface area contributed by atoms with Gasteiger partial charge >= 0.3 is 39.8 Å². The smallest absolute Gasteiger partial charge is 1.00 e. The standard InChI is InChI=1S/C24H37N5O3S.Na.H/c1-17(2)20-10-19(11-21(13-20)18(3)4)12-24(30)26-33(31,32)29(23-14-25-28(6)15-23)16-22-8-7-9-27(22)5;;/h10-11,13-15,17-18,22H,7-9,12,16H2,1-6H3,(H,26,30);;/q;+1;-1/t22-;;/m0../s1. The predicted molar refractivity (Wildman–Crippen MR) is 133 cm³/mol. The molecule has 0 bridgehead atoms. The van der Waals surface area contributed by atoms with Crippen LogP contribution >= 0.6 is 0 Å². The molecule has 1 fully saturated rings. The number of carbonyl (C=O) groups excluding carboxylic acids is 1. The molecule has 1 atom stereocenters. The summed E-state index contributed by atoms with van der Waals surface area (Å²) < 4.78 is 31.8. The van der Waals surface area contributed by atoms with Gasteiger partial charge in [-0.2, -0.15) is 13.5 Å². The summed E-state index contributed by atoms with van der Waals surface area (Å²) in [6.45, 7) is 9.64. The molecule has 2 aromatic rings. The van der Waals surface area contributed by atoms with E-state index in [9.17, 15) is 13.2 Å². The molecule has 34 heavy (non-hydrogen) atoms. The van der Waals surface area contributed by atoms with Crippen LogP contribution in [0.4, 0.5) is 5.69 Å². The second kappa shape index (κ2) is 12.0. The van der Waals surface area contributed by atoms with Gasteiger partial charge < -0.3 is 6.33 Å². The second-order valence-corrected chi connectivity index (χ2v) is 11.3. The van der Waals surface area contributed by atoms with E-state index in [1.165, 1.54) is 10.5 Å². The molecule has 1 aromatic carbocycles. The van der Waals surface area contributed by atoms with Gasteiger partial charge in [-0.25, -0.2) is 9.03 Å². The number of likely N-dealkylation sites (N-methyl/N-ethyl adjacent to an activating group) is 1. The molecular formula is C24H38N5NaO3S. The molecule has 1 saturated heterocycles. The summed E-state index contributed by atoms with van der Waals surface area (Å²) in [5.41, 5.74) is 3.56. The molecule has 1 N–H and O–H groups in total. The van der Waals surface area contributed by atoms with Crippen LogP contribution in [-0.4, -0.2) is 55.2 Å². The third-order valence-corrected chi connectivity index (χ3v) is 7.72. The van der Waals surface area contributed by atoms with E-state index >= 15 is 0 Å². The average molecular weight is 500 g/mol. The number of aromatic nitrogens is 2. The van der Waals surface area contributed by atoms with Crippen molar-refractivity contribution in [1.82, 2.24) is 19.4 Å². The van der Waals surface area contributed by atoms with Crippen molar-refractivity contribution in [3.05, 3.63) is 47.3 Å². The number of anilines is 1. The number of hydrogen-bond donors (Lipinski definition) is 1. The Hall–Kier alpha value is -1.39. The van der Waals surface area contributed by atoms with Crippen LogP contribution in [0.3, 0.4) is 0 Å². The van der Waals surface area contributed by atoms with Crippen molar-refractivity contribution in [3.8, 4) is 0 Å². The first-order valence-corrected chi connectivity index (χ1v) is 13.1. The minimum atomic E-state index is -4.09. The van der Waals surface area contributed by atoms with Gasteiger partial charge in [0.25, 0.3) is 0 Å². The van der Waals surface area contributed by atoms with Gasteiger partial charge in [0, 0.05) is 19.3 Å². The molecule has 184 valence electrons. The summed E-state index contributed by atoms with van der Waals surface area (Å²) in [7, 11) is -0.354. The minimum Gasteiger partial charge on any atom is -1.00 e. The molecule has 0 aliphatic carbocycles. The average Bonchev–Trinajstić information content (AvgIpc) is 3.32. The minimum absolute atomic E-state index is 0. The topological polar surface area (TPSA) is 87.5 Å². The first-order valence-electron chi connectivity index (χ1n) is 11.6. The van der Waals surface area contributed by atoms with Gasteiger partial charge in [0.2, 0.25) is 5.91 Å². The molecule has 1 amide bonds. The number of likely N-dealkylation sites (tertiary alicyclic amines) is 1. The summed E-state index contributed by atoms with van der Waals surface area (Å²) in [5, 5.41) is 4.13. The zero-order valence-corrected chi connectivity index (χ0v) is 24.4. The van der Waals surface area contributed by atoms with E-state index in [4.69, 9.17) is 0 Å². The van der Waals surface area contributed by atoms with Gasteiger partial charge in [0.15, 0.2) is 0 Å². The van der Waals surface area contributed by atoms with E-state index in [0.717, 1.165) is 36.1 Å². The van der Waals surface area contributed by atoms with E-state index in [1.54, 1.807) is 17.9 Å².